The van der Waals surface area contributed by atoms with E-state index in [-0.39, 0.29) is 0 Å². The summed E-state index contributed by atoms with van der Waals surface area (Å²) in [4.78, 5) is 0. The molecule has 0 heterocycles. The largest absolute Gasteiger partial charge is 0.303 e. The highest BCUT2D eigenvalue weighted by molar-refractivity contribution is 4.51. The summed E-state index contributed by atoms with van der Waals surface area (Å²) in [5, 5.41) is 0. The van der Waals surface area contributed by atoms with E-state index in [0.29, 0.717) is 0 Å². The second kappa shape index (κ2) is 5.36. The summed E-state index contributed by atoms with van der Waals surface area (Å²) < 4.78 is 0.948. The smallest absolute Gasteiger partial charge is 0.0881 e. The van der Waals surface area contributed by atoms with Gasteiger partial charge in [0.2, 0.25) is 0 Å². The van der Waals surface area contributed by atoms with E-state index >= 15 is 0 Å². The van der Waals surface area contributed by atoms with Crippen LogP contribution >= 0.6 is 0 Å². The van der Waals surface area contributed by atoms with E-state index in [0.717, 1.165) is 4.48 Å². The Morgan fingerprint density at radius 3 is 2.27 bits per heavy atom. The van der Waals surface area contributed by atoms with Gasteiger partial charge < -0.3 is 4.48 Å². The summed E-state index contributed by atoms with van der Waals surface area (Å²) in [6.45, 7) is 7.27. The molecule has 0 rings (SSSR count). The van der Waals surface area contributed by atoms with Gasteiger partial charge in [-0.15, -0.1) is 0 Å². The molecule has 0 N–H and O–H groups in total. The van der Waals surface area contributed by atoms with Crippen molar-refractivity contribution >= 4 is 0 Å². The van der Waals surface area contributed by atoms with Crippen LogP contribution in [0.25, 0.3) is 0 Å². The molecule has 0 aliphatic rings. The fraction of sp³-hybridized carbons (Fsp3) is 0.800. The van der Waals surface area contributed by atoms with Crippen molar-refractivity contribution < 1.29 is 4.48 Å². The van der Waals surface area contributed by atoms with E-state index in [1.54, 1.807) is 0 Å². The molecule has 0 amide bonds. The average molecular weight is 156 g/mol. The van der Waals surface area contributed by atoms with E-state index in [1.807, 2.05) is 6.20 Å². The van der Waals surface area contributed by atoms with Crippen molar-refractivity contribution in [2.75, 3.05) is 20.6 Å². The predicted octanol–water partition coefficient (Wildman–Crippen LogP) is 2.79. The zero-order chi connectivity index (χ0) is 8.74. The number of nitrogens with zero attached hydrogens (tertiary/aromatic N) is 1. The molecule has 0 spiro atoms. The van der Waals surface area contributed by atoms with Crippen molar-refractivity contribution in [3.63, 3.8) is 0 Å². The van der Waals surface area contributed by atoms with Gasteiger partial charge >= 0.3 is 0 Å². The molecule has 0 aliphatic heterocycles. The minimum atomic E-state index is 0.948. The molecule has 66 valence electrons. The summed E-state index contributed by atoms with van der Waals surface area (Å²) >= 11 is 0. The standard InChI is InChI=1S/C10H22N/c1-5-7-8-9-10-11(3,4)6-2/h6H,2,5,7-10H2,1,3-4H3/q+1. The number of unbranched alkanes of at least 4 members (excludes halogenated alkanes) is 3. The van der Waals surface area contributed by atoms with Crippen LogP contribution in [0.3, 0.4) is 0 Å². The summed E-state index contributed by atoms with van der Waals surface area (Å²) in [5.74, 6) is 0. The lowest BCUT2D eigenvalue weighted by Crippen LogP contribution is -2.33. The molecule has 0 unspecified atom stereocenters. The Bertz CT molecular complexity index is 105. The Labute approximate surface area is 71.3 Å². The van der Waals surface area contributed by atoms with Gasteiger partial charge in [-0.05, 0) is 19.4 Å². The second-order valence-corrected chi connectivity index (χ2v) is 3.75. The van der Waals surface area contributed by atoms with Gasteiger partial charge in [0.05, 0.1) is 26.8 Å². The van der Waals surface area contributed by atoms with Crippen LogP contribution in [0.4, 0.5) is 0 Å². The van der Waals surface area contributed by atoms with Gasteiger partial charge in [-0.1, -0.05) is 19.8 Å². The Morgan fingerprint density at radius 1 is 1.18 bits per heavy atom. The fourth-order valence-corrected chi connectivity index (χ4v) is 1.04. The minimum absolute atomic E-state index is 0.948. The van der Waals surface area contributed by atoms with Gasteiger partial charge in [0.1, 0.15) is 0 Å². The van der Waals surface area contributed by atoms with Crippen LogP contribution in [-0.4, -0.2) is 25.1 Å². The van der Waals surface area contributed by atoms with E-state index in [9.17, 15) is 0 Å². The quantitative estimate of drug-likeness (QED) is 0.410. The highest BCUT2D eigenvalue weighted by Gasteiger charge is 2.07. The molecule has 0 aromatic rings. The molecule has 0 saturated carbocycles. The minimum Gasteiger partial charge on any atom is -0.303 e. The Balaban J connectivity index is 3.30. The molecule has 0 saturated heterocycles. The van der Waals surface area contributed by atoms with Gasteiger partial charge in [0, 0.05) is 0 Å². The van der Waals surface area contributed by atoms with Crippen molar-refractivity contribution in [3.8, 4) is 0 Å². The molecule has 11 heavy (non-hydrogen) atoms. The van der Waals surface area contributed by atoms with Gasteiger partial charge in [-0.25, -0.2) is 0 Å². The predicted molar refractivity (Wildman–Crippen MR) is 51.3 cm³/mol. The highest BCUT2D eigenvalue weighted by Crippen LogP contribution is 2.04. The monoisotopic (exact) mass is 156 g/mol. The van der Waals surface area contributed by atoms with E-state index in [2.05, 4.69) is 27.6 Å². The van der Waals surface area contributed by atoms with Crippen LogP contribution in [0, 0.1) is 0 Å². The molecule has 0 aromatic carbocycles. The van der Waals surface area contributed by atoms with Crippen LogP contribution in [0.2, 0.25) is 0 Å². The summed E-state index contributed by atoms with van der Waals surface area (Å²) in [7, 11) is 4.39. The maximum atomic E-state index is 3.80. The number of quaternary nitrogens is 1. The summed E-state index contributed by atoms with van der Waals surface area (Å²) in [5.41, 5.74) is 0. The van der Waals surface area contributed by atoms with Crippen LogP contribution in [-0.2, 0) is 0 Å². The fourth-order valence-electron chi connectivity index (χ4n) is 1.04. The zero-order valence-electron chi connectivity index (χ0n) is 8.27. The Kier molecular flexibility index (Phi) is 5.22. The molecular weight excluding hydrogens is 134 g/mol. The first kappa shape index (κ1) is 10.7. The first-order chi connectivity index (χ1) is 5.12. The van der Waals surface area contributed by atoms with Crippen LogP contribution < -0.4 is 0 Å². The van der Waals surface area contributed by atoms with Crippen LogP contribution in [0.15, 0.2) is 12.8 Å². The maximum Gasteiger partial charge on any atom is 0.0881 e. The number of rotatable bonds is 6. The van der Waals surface area contributed by atoms with E-state index < -0.39 is 0 Å². The molecular formula is C10H22N+. The normalized spacial score (nSPS) is 11.5. The van der Waals surface area contributed by atoms with Crippen molar-refractivity contribution in [1.29, 1.82) is 0 Å². The molecule has 0 atom stereocenters. The number of hydrogen-bond donors (Lipinski definition) is 0. The molecule has 0 fully saturated rings. The van der Waals surface area contributed by atoms with Crippen molar-refractivity contribution in [3.05, 3.63) is 12.8 Å². The molecule has 0 aliphatic carbocycles. The average Bonchev–Trinajstić information content (AvgIpc) is 1.99. The highest BCUT2D eigenvalue weighted by atomic mass is 15.3. The number of hydrogen-bond acceptors (Lipinski definition) is 0. The van der Waals surface area contributed by atoms with E-state index in [1.165, 1.54) is 32.2 Å². The van der Waals surface area contributed by atoms with Crippen LogP contribution in [0.5, 0.6) is 0 Å². The lowest BCUT2D eigenvalue weighted by molar-refractivity contribution is -0.838. The summed E-state index contributed by atoms with van der Waals surface area (Å²) in [6, 6.07) is 0. The second-order valence-electron chi connectivity index (χ2n) is 3.75. The summed E-state index contributed by atoms with van der Waals surface area (Å²) in [6.07, 6.45) is 7.39. The van der Waals surface area contributed by atoms with Gasteiger partial charge in [-0.3, -0.25) is 0 Å². The molecule has 0 aromatic heterocycles. The van der Waals surface area contributed by atoms with Crippen molar-refractivity contribution in [1.82, 2.24) is 0 Å². The van der Waals surface area contributed by atoms with Crippen molar-refractivity contribution in [2.24, 2.45) is 0 Å². The molecule has 0 bridgehead atoms. The third kappa shape index (κ3) is 6.11. The first-order valence-electron chi connectivity index (χ1n) is 4.58. The van der Waals surface area contributed by atoms with Gasteiger partial charge in [0.25, 0.3) is 0 Å². The lowest BCUT2D eigenvalue weighted by atomic mass is 10.2. The zero-order valence-corrected chi connectivity index (χ0v) is 8.27. The molecule has 1 heteroatoms. The SMILES string of the molecule is C=C[N+](C)(C)CCCCCC. The third-order valence-electron chi connectivity index (χ3n) is 2.08. The van der Waals surface area contributed by atoms with Crippen LogP contribution in [0.1, 0.15) is 32.6 Å². The van der Waals surface area contributed by atoms with Gasteiger partial charge in [-0.2, -0.15) is 0 Å². The maximum absolute atomic E-state index is 3.80. The van der Waals surface area contributed by atoms with E-state index in [4.69, 9.17) is 0 Å². The topological polar surface area (TPSA) is 0 Å². The van der Waals surface area contributed by atoms with Gasteiger partial charge in [0.15, 0.2) is 0 Å². The molecule has 1 nitrogen and oxygen atoms in total. The third-order valence-corrected chi connectivity index (χ3v) is 2.08. The lowest BCUT2D eigenvalue weighted by Gasteiger charge is -2.24. The molecule has 0 radical (unpaired) electrons. The Morgan fingerprint density at radius 2 is 1.82 bits per heavy atom. The first-order valence-corrected chi connectivity index (χ1v) is 4.58. The van der Waals surface area contributed by atoms with Crippen molar-refractivity contribution in [2.45, 2.75) is 32.6 Å². The Hall–Kier alpha value is -0.300.